The van der Waals surface area contributed by atoms with Gasteiger partial charge in [0.25, 0.3) is 0 Å². The maximum Gasteiger partial charge on any atom is 0.167 e. The first-order valence-electron chi connectivity index (χ1n) is 6.07. The van der Waals surface area contributed by atoms with Gasteiger partial charge in [-0.1, -0.05) is 13.8 Å². The minimum Gasteiger partial charge on any atom is -0.490 e. The molecular formula is C13H20FNO2S. The first kappa shape index (κ1) is 15.1. The first-order valence-corrected chi connectivity index (χ1v) is 6.95. The second-order valence-corrected chi connectivity index (χ2v) is 5.59. The van der Waals surface area contributed by atoms with Crippen LogP contribution in [0.2, 0.25) is 0 Å². The molecule has 0 aliphatic rings. The standard InChI is InChI=1S/C13H20FNO2S/c1-3-6-17-12-8-13(11(15)7-10(12)14)18-9(2)4-5-16/h7-9,16H,3-6,15H2,1-2H3. The van der Waals surface area contributed by atoms with Gasteiger partial charge >= 0.3 is 0 Å². The number of ether oxygens (including phenoxy) is 1. The average Bonchev–Trinajstić information content (AvgIpc) is 2.31. The first-order chi connectivity index (χ1) is 8.58. The van der Waals surface area contributed by atoms with Crippen LogP contribution < -0.4 is 10.5 Å². The fraction of sp³-hybridized carbons (Fsp3) is 0.538. The highest BCUT2D eigenvalue weighted by Gasteiger charge is 2.12. The molecule has 1 rings (SSSR count). The molecule has 1 unspecified atom stereocenters. The molecule has 0 amide bonds. The number of thioether (sulfide) groups is 1. The van der Waals surface area contributed by atoms with E-state index in [4.69, 9.17) is 15.6 Å². The number of hydrogen-bond acceptors (Lipinski definition) is 4. The molecule has 0 aliphatic carbocycles. The summed E-state index contributed by atoms with van der Waals surface area (Å²) in [5.74, 6) is -0.190. The third-order valence-electron chi connectivity index (χ3n) is 2.39. The highest BCUT2D eigenvalue weighted by molar-refractivity contribution is 8.00. The van der Waals surface area contributed by atoms with Crippen LogP contribution in [0.3, 0.4) is 0 Å². The van der Waals surface area contributed by atoms with E-state index < -0.39 is 5.82 Å². The Morgan fingerprint density at radius 1 is 1.50 bits per heavy atom. The molecule has 0 bridgehead atoms. The minimum absolute atomic E-state index is 0.133. The maximum atomic E-state index is 13.6. The van der Waals surface area contributed by atoms with E-state index in [2.05, 4.69) is 0 Å². The van der Waals surface area contributed by atoms with Gasteiger partial charge in [-0.05, 0) is 18.9 Å². The summed E-state index contributed by atoms with van der Waals surface area (Å²) in [5.41, 5.74) is 6.19. The van der Waals surface area contributed by atoms with Crippen LogP contribution in [-0.4, -0.2) is 23.6 Å². The lowest BCUT2D eigenvalue weighted by Crippen LogP contribution is -2.03. The molecule has 18 heavy (non-hydrogen) atoms. The molecule has 0 saturated carbocycles. The number of benzene rings is 1. The lowest BCUT2D eigenvalue weighted by atomic mass is 10.3. The second-order valence-electron chi connectivity index (χ2n) is 4.11. The van der Waals surface area contributed by atoms with Crippen LogP contribution >= 0.6 is 11.8 Å². The zero-order valence-electron chi connectivity index (χ0n) is 10.8. The minimum atomic E-state index is -0.430. The summed E-state index contributed by atoms with van der Waals surface area (Å²) in [6.07, 6.45) is 1.50. The smallest absolute Gasteiger partial charge is 0.167 e. The summed E-state index contributed by atoms with van der Waals surface area (Å²) in [6, 6.07) is 2.93. The number of rotatable bonds is 7. The zero-order chi connectivity index (χ0) is 13.5. The summed E-state index contributed by atoms with van der Waals surface area (Å²) < 4.78 is 18.9. The van der Waals surface area contributed by atoms with Crippen molar-refractivity contribution in [3.8, 4) is 5.75 Å². The molecule has 0 saturated heterocycles. The number of anilines is 1. The predicted octanol–water partition coefficient (Wildman–Crippen LogP) is 3.06. The van der Waals surface area contributed by atoms with Crippen molar-refractivity contribution in [1.82, 2.24) is 0 Å². The second kappa shape index (κ2) is 7.48. The zero-order valence-corrected chi connectivity index (χ0v) is 11.6. The van der Waals surface area contributed by atoms with Crippen molar-refractivity contribution in [2.45, 2.75) is 36.8 Å². The summed E-state index contributed by atoms with van der Waals surface area (Å²) >= 11 is 1.52. The Hall–Kier alpha value is -0.940. The Morgan fingerprint density at radius 3 is 2.83 bits per heavy atom. The molecule has 3 N–H and O–H groups in total. The topological polar surface area (TPSA) is 55.5 Å². The molecule has 1 atom stereocenters. The van der Waals surface area contributed by atoms with Gasteiger partial charge in [0, 0.05) is 28.5 Å². The van der Waals surface area contributed by atoms with E-state index in [0.29, 0.717) is 18.7 Å². The quantitative estimate of drug-likeness (QED) is 0.592. The molecule has 0 spiro atoms. The van der Waals surface area contributed by atoms with Crippen LogP contribution in [0, 0.1) is 5.82 Å². The van der Waals surface area contributed by atoms with Gasteiger partial charge in [-0.3, -0.25) is 0 Å². The lowest BCUT2D eigenvalue weighted by molar-refractivity contribution is 0.289. The van der Waals surface area contributed by atoms with Crippen LogP contribution in [0.4, 0.5) is 10.1 Å². The van der Waals surface area contributed by atoms with Crippen molar-refractivity contribution in [2.24, 2.45) is 0 Å². The Balaban J connectivity index is 2.83. The molecule has 0 radical (unpaired) electrons. The van der Waals surface area contributed by atoms with Gasteiger partial charge in [-0.15, -0.1) is 11.8 Å². The lowest BCUT2D eigenvalue weighted by Gasteiger charge is -2.14. The Kier molecular flexibility index (Phi) is 6.29. The Labute approximate surface area is 112 Å². The van der Waals surface area contributed by atoms with Crippen molar-refractivity contribution in [1.29, 1.82) is 0 Å². The molecular weight excluding hydrogens is 253 g/mol. The van der Waals surface area contributed by atoms with E-state index in [-0.39, 0.29) is 17.6 Å². The highest BCUT2D eigenvalue weighted by atomic mass is 32.2. The number of hydrogen-bond donors (Lipinski definition) is 2. The van der Waals surface area contributed by atoms with Crippen LogP contribution in [0.25, 0.3) is 0 Å². The number of halogens is 1. The maximum absolute atomic E-state index is 13.6. The van der Waals surface area contributed by atoms with E-state index in [1.165, 1.54) is 17.8 Å². The number of aliphatic hydroxyl groups is 1. The van der Waals surface area contributed by atoms with Crippen molar-refractivity contribution in [3.63, 3.8) is 0 Å². The predicted molar refractivity (Wildman–Crippen MR) is 73.6 cm³/mol. The van der Waals surface area contributed by atoms with Crippen molar-refractivity contribution < 1.29 is 14.2 Å². The molecule has 102 valence electrons. The Morgan fingerprint density at radius 2 is 2.22 bits per heavy atom. The van der Waals surface area contributed by atoms with Gasteiger partial charge in [0.15, 0.2) is 11.6 Å². The van der Waals surface area contributed by atoms with E-state index in [1.807, 2.05) is 13.8 Å². The van der Waals surface area contributed by atoms with Gasteiger partial charge in [0.2, 0.25) is 0 Å². The summed E-state index contributed by atoms with van der Waals surface area (Å²) in [7, 11) is 0. The van der Waals surface area contributed by atoms with Gasteiger partial charge in [0.1, 0.15) is 0 Å². The summed E-state index contributed by atoms with van der Waals surface area (Å²) in [4.78, 5) is 0.795. The third-order valence-corrected chi connectivity index (χ3v) is 3.64. The Bertz CT molecular complexity index is 387. The largest absolute Gasteiger partial charge is 0.490 e. The molecule has 0 heterocycles. The van der Waals surface area contributed by atoms with Gasteiger partial charge < -0.3 is 15.6 Å². The van der Waals surface area contributed by atoms with E-state index >= 15 is 0 Å². The van der Waals surface area contributed by atoms with Crippen molar-refractivity contribution in [3.05, 3.63) is 17.9 Å². The summed E-state index contributed by atoms with van der Waals surface area (Å²) in [5, 5.41) is 9.09. The van der Waals surface area contributed by atoms with E-state index in [0.717, 1.165) is 11.3 Å². The van der Waals surface area contributed by atoms with Gasteiger partial charge in [-0.2, -0.15) is 0 Å². The SMILES string of the molecule is CCCOc1cc(SC(C)CCO)c(N)cc1F. The normalized spacial score (nSPS) is 12.4. The van der Waals surface area contributed by atoms with Gasteiger partial charge in [0.05, 0.1) is 6.61 Å². The number of nitrogens with two attached hydrogens (primary N) is 1. The molecule has 0 aliphatic heterocycles. The number of aliphatic hydroxyl groups excluding tert-OH is 1. The monoisotopic (exact) mass is 273 g/mol. The van der Waals surface area contributed by atoms with Crippen LogP contribution in [0.15, 0.2) is 17.0 Å². The van der Waals surface area contributed by atoms with Crippen LogP contribution in [0.5, 0.6) is 5.75 Å². The molecule has 1 aromatic rings. The summed E-state index contributed by atoms with van der Waals surface area (Å²) in [6.45, 7) is 4.58. The molecule has 3 nitrogen and oxygen atoms in total. The molecule has 0 fully saturated rings. The van der Waals surface area contributed by atoms with Crippen molar-refractivity contribution >= 4 is 17.4 Å². The molecule has 5 heteroatoms. The molecule has 1 aromatic carbocycles. The molecule has 0 aromatic heterocycles. The fourth-order valence-corrected chi connectivity index (χ4v) is 2.46. The van der Waals surface area contributed by atoms with E-state index in [9.17, 15) is 4.39 Å². The highest BCUT2D eigenvalue weighted by Crippen LogP contribution is 2.34. The van der Waals surface area contributed by atoms with Crippen molar-refractivity contribution in [2.75, 3.05) is 18.9 Å². The number of nitrogen functional groups attached to an aromatic ring is 1. The van der Waals surface area contributed by atoms with Crippen LogP contribution in [0.1, 0.15) is 26.7 Å². The van der Waals surface area contributed by atoms with Gasteiger partial charge in [-0.25, -0.2) is 4.39 Å². The van der Waals surface area contributed by atoms with Crippen LogP contribution in [-0.2, 0) is 0 Å². The average molecular weight is 273 g/mol. The third kappa shape index (κ3) is 4.38. The fourth-order valence-electron chi connectivity index (χ4n) is 1.43. The van der Waals surface area contributed by atoms with E-state index in [1.54, 1.807) is 6.07 Å².